The van der Waals surface area contributed by atoms with Gasteiger partial charge in [0.25, 0.3) is 0 Å². The van der Waals surface area contributed by atoms with Crippen molar-refractivity contribution in [3.05, 3.63) is 88.9 Å². The summed E-state index contributed by atoms with van der Waals surface area (Å²) in [5.41, 5.74) is 2.38. The van der Waals surface area contributed by atoms with E-state index in [0.29, 0.717) is 39.5 Å². The van der Waals surface area contributed by atoms with Gasteiger partial charge in [0.05, 0.1) is 31.0 Å². The fraction of sp³-hybridized carbons (Fsp3) is 0.241. The highest BCUT2D eigenvalue weighted by atomic mass is 35.5. The number of amides is 2. The van der Waals surface area contributed by atoms with Gasteiger partial charge in [-0.25, -0.2) is 9.79 Å². The molecule has 1 N–H and O–H groups in total. The fourth-order valence-corrected chi connectivity index (χ4v) is 5.04. The number of carbonyl (C=O) groups excluding carboxylic acids is 3. The van der Waals surface area contributed by atoms with Gasteiger partial charge in [0.15, 0.2) is 5.17 Å². The number of halogens is 1. The van der Waals surface area contributed by atoms with Crippen LogP contribution in [0.25, 0.3) is 0 Å². The normalized spacial score (nSPS) is 16.2. The molecule has 2 amide bonds. The summed E-state index contributed by atoms with van der Waals surface area (Å²) in [5, 5.41) is 3.18. The van der Waals surface area contributed by atoms with Crippen molar-refractivity contribution in [3.8, 4) is 5.75 Å². The Balaban J connectivity index is 1.58. The Hall–Kier alpha value is -3.82. The monoisotopic (exact) mass is 565 g/mol. The number of anilines is 1. The number of carbonyl (C=O) groups is 3. The van der Waals surface area contributed by atoms with E-state index >= 15 is 0 Å². The van der Waals surface area contributed by atoms with Gasteiger partial charge in [-0.05, 0) is 67.9 Å². The van der Waals surface area contributed by atoms with Crippen LogP contribution in [0.2, 0.25) is 5.02 Å². The molecule has 1 aliphatic rings. The first-order valence-corrected chi connectivity index (χ1v) is 13.7. The highest BCUT2D eigenvalue weighted by Crippen LogP contribution is 2.31. The van der Waals surface area contributed by atoms with E-state index in [9.17, 15) is 14.4 Å². The lowest BCUT2D eigenvalue weighted by Crippen LogP contribution is -2.44. The van der Waals surface area contributed by atoms with Crippen LogP contribution in [-0.4, -0.2) is 46.3 Å². The minimum absolute atomic E-state index is 0.00998. The number of aliphatic imine (C=N–C) groups is 1. The first kappa shape index (κ1) is 28.2. The Bertz CT molecular complexity index is 1360. The van der Waals surface area contributed by atoms with Crippen LogP contribution in [0.4, 0.5) is 11.4 Å². The van der Waals surface area contributed by atoms with Gasteiger partial charge in [-0.2, -0.15) is 0 Å². The Labute approximate surface area is 236 Å². The molecule has 0 radical (unpaired) electrons. The predicted octanol–water partition coefficient (Wildman–Crippen LogP) is 6.08. The number of hydrogen-bond donors (Lipinski definition) is 1. The maximum Gasteiger partial charge on any atom is 0.338 e. The second-order valence-electron chi connectivity index (χ2n) is 8.53. The molecule has 39 heavy (non-hydrogen) atoms. The highest BCUT2D eigenvalue weighted by Gasteiger charge is 2.36. The molecule has 3 aromatic rings. The van der Waals surface area contributed by atoms with Crippen molar-refractivity contribution in [1.29, 1.82) is 0 Å². The molecular weight excluding hydrogens is 538 g/mol. The zero-order valence-electron chi connectivity index (χ0n) is 21.6. The van der Waals surface area contributed by atoms with Crippen LogP contribution < -0.4 is 10.1 Å². The lowest BCUT2D eigenvalue weighted by atomic mass is 10.2. The van der Waals surface area contributed by atoms with Crippen LogP contribution in [0.5, 0.6) is 5.75 Å². The summed E-state index contributed by atoms with van der Waals surface area (Å²) in [6.07, 6.45) is 0.00998. The molecule has 202 valence electrons. The molecule has 0 aliphatic carbocycles. The quantitative estimate of drug-likeness (QED) is 0.316. The summed E-state index contributed by atoms with van der Waals surface area (Å²) in [6, 6.07) is 20.9. The summed E-state index contributed by atoms with van der Waals surface area (Å²) in [6.45, 7) is 4.69. The topological polar surface area (TPSA) is 97.3 Å². The van der Waals surface area contributed by atoms with Gasteiger partial charge in [0, 0.05) is 23.2 Å². The third kappa shape index (κ3) is 7.61. The van der Waals surface area contributed by atoms with Crippen molar-refractivity contribution in [3.63, 3.8) is 0 Å². The molecule has 1 fully saturated rings. The molecule has 3 aromatic carbocycles. The molecule has 4 rings (SSSR count). The van der Waals surface area contributed by atoms with Gasteiger partial charge in [-0.15, -0.1) is 0 Å². The minimum Gasteiger partial charge on any atom is -0.494 e. The average Bonchev–Trinajstić information content (AvgIpc) is 2.92. The van der Waals surface area contributed by atoms with E-state index in [2.05, 4.69) is 5.32 Å². The third-order valence-corrected chi connectivity index (χ3v) is 7.14. The number of benzene rings is 3. The largest absolute Gasteiger partial charge is 0.494 e. The number of hydrogen-bond acceptors (Lipinski definition) is 7. The molecule has 1 atom stereocenters. The number of thioether (sulfide) groups is 1. The highest BCUT2D eigenvalue weighted by molar-refractivity contribution is 8.15. The smallest absolute Gasteiger partial charge is 0.338 e. The molecule has 0 saturated carbocycles. The number of nitrogens with zero attached hydrogens (tertiary/aromatic N) is 2. The molecule has 1 aliphatic heterocycles. The van der Waals surface area contributed by atoms with Gasteiger partial charge in [0.1, 0.15) is 11.0 Å². The number of ether oxygens (including phenoxy) is 2. The maximum atomic E-state index is 13.3. The van der Waals surface area contributed by atoms with E-state index < -0.39 is 11.2 Å². The summed E-state index contributed by atoms with van der Waals surface area (Å²) < 4.78 is 10.6. The van der Waals surface area contributed by atoms with E-state index in [0.717, 1.165) is 5.56 Å². The van der Waals surface area contributed by atoms with Crippen LogP contribution in [0.15, 0.2) is 77.8 Å². The molecule has 10 heteroatoms. The zero-order valence-corrected chi connectivity index (χ0v) is 23.1. The van der Waals surface area contributed by atoms with Crippen LogP contribution in [-0.2, 0) is 20.9 Å². The predicted molar refractivity (Wildman–Crippen MR) is 154 cm³/mol. The van der Waals surface area contributed by atoms with Gasteiger partial charge < -0.3 is 14.8 Å². The van der Waals surface area contributed by atoms with Gasteiger partial charge in [0.2, 0.25) is 11.8 Å². The second kappa shape index (κ2) is 13.3. The Morgan fingerprint density at radius 1 is 1.05 bits per heavy atom. The Kier molecular flexibility index (Phi) is 9.62. The number of rotatable bonds is 9. The number of esters is 1. The number of amidine groups is 1. The SMILES string of the molecule is CCOC(=O)c1ccc(N=C2S[C@H](C(=O)Nc3cccc(OCC)c3)CC(=O)N2Cc2ccc(Cl)cc2)cc1. The molecule has 0 aromatic heterocycles. The molecule has 1 heterocycles. The van der Waals surface area contributed by atoms with Crippen LogP contribution in [0.3, 0.4) is 0 Å². The molecule has 8 nitrogen and oxygen atoms in total. The van der Waals surface area contributed by atoms with Gasteiger partial charge in [-0.1, -0.05) is 41.6 Å². The van der Waals surface area contributed by atoms with Crippen LogP contribution in [0, 0.1) is 0 Å². The van der Waals surface area contributed by atoms with Crippen molar-refractivity contribution in [1.82, 2.24) is 4.90 Å². The van der Waals surface area contributed by atoms with E-state index in [1.807, 2.05) is 25.1 Å². The van der Waals surface area contributed by atoms with E-state index in [1.165, 1.54) is 11.8 Å². The van der Waals surface area contributed by atoms with Gasteiger partial charge in [-0.3, -0.25) is 14.5 Å². The lowest BCUT2D eigenvalue weighted by molar-refractivity contribution is -0.129. The van der Waals surface area contributed by atoms with E-state index in [1.54, 1.807) is 66.4 Å². The van der Waals surface area contributed by atoms with Crippen LogP contribution >= 0.6 is 23.4 Å². The molecule has 0 unspecified atom stereocenters. The molecule has 1 saturated heterocycles. The Morgan fingerprint density at radius 3 is 2.49 bits per heavy atom. The standard InChI is InChI=1S/C29H28ClN3O5S/c1-3-37-24-7-5-6-23(16-24)31-27(35)25-17-26(34)33(18-19-8-12-21(30)13-9-19)29(39-25)32-22-14-10-20(11-15-22)28(36)38-4-2/h5-16,25H,3-4,17-18H2,1-2H3,(H,31,35)/t25-/m0/s1. The number of nitrogens with one attached hydrogen (secondary N) is 1. The average molecular weight is 566 g/mol. The second-order valence-corrected chi connectivity index (χ2v) is 10.1. The summed E-state index contributed by atoms with van der Waals surface area (Å²) in [7, 11) is 0. The van der Waals surface area contributed by atoms with E-state index in [4.69, 9.17) is 26.1 Å². The van der Waals surface area contributed by atoms with Crippen molar-refractivity contribution in [2.24, 2.45) is 4.99 Å². The van der Waals surface area contributed by atoms with Crippen molar-refractivity contribution >= 4 is 57.7 Å². The third-order valence-electron chi connectivity index (χ3n) is 5.70. The fourth-order valence-electron chi connectivity index (χ4n) is 3.82. The van der Waals surface area contributed by atoms with Gasteiger partial charge >= 0.3 is 5.97 Å². The van der Waals surface area contributed by atoms with Crippen molar-refractivity contribution < 1.29 is 23.9 Å². The van der Waals surface area contributed by atoms with Crippen molar-refractivity contribution in [2.75, 3.05) is 18.5 Å². The van der Waals surface area contributed by atoms with Crippen LogP contribution in [0.1, 0.15) is 36.2 Å². The van der Waals surface area contributed by atoms with E-state index in [-0.39, 0.29) is 31.4 Å². The molecule has 0 bridgehead atoms. The molecule has 0 spiro atoms. The summed E-state index contributed by atoms with van der Waals surface area (Å²) in [5.74, 6) is -0.314. The Morgan fingerprint density at radius 2 is 1.79 bits per heavy atom. The van der Waals surface area contributed by atoms with Crippen molar-refractivity contribution in [2.45, 2.75) is 32.1 Å². The summed E-state index contributed by atoms with van der Waals surface area (Å²) >= 11 is 7.24. The summed E-state index contributed by atoms with van der Waals surface area (Å²) in [4.78, 5) is 44.8. The molecular formula is C29H28ClN3O5S. The first-order valence-electron chi connectivity index (χ1n) is 12.5. The minimum atomic E-state index is -0.688. The zero-order chi connectivity index (χ0) is 27.8. The first-order chi connectivity index (χ1) is 18.9. The maximum absolute atomic E-state index is 13.3. The lowest BCUT2D eigenvalue weighted by Gasteiger charge is -2.32.